The van der Waals surface area contributed by atoms with Crippen molar-refractivity contribution in [1.82, 2.24) is 19.3 Å². The average molecular weight is 388 g/mol. The van der Waals surface area contributed by atoms with Crippen molar-refractivity contribution in [1.29, 1.82) is 0 Å². The highest BCUT2D eigenvalue weighted by atomic mass is 79.9. The van der Waals surface area contributed by atoms with Gasteiger partial charge in [-0.25, -0.2) is 9.67 Å². The Hall–Kier alpha value is -0.850. The Bertz CT molecular complexity index is 773. The molecular formula is C14H16BrClN4S. The van der Waals surface area contributed by atoms with Crippen molar-refractivity contribution in [2.24, 2.45) is 0 Å². The fourth-order valence-corrected chi connectivity index (χ4v) is 4.17. The monoisotopic (exact) mass is 386 g/mol. The molecule has 4 nitrogen and oxygen atoms in total. The minimum Gasteiger partial charge on any atom is -0.308 e. The molecule has 0 saturated carbocycles. The van der Waals surface area contributed by atoms with E-state index in [0.717, 1.165) is 46.0 Å². The van der Waals surface area contributed by atoms with Gasteiger partial charge in [0.1, 0.15) is 11.3 Å². The molecule has 0 aliphatic heterocycles. The van der Waals surface area contributed by atoms with Gasteiger partial charge >= 0.3 is 0 Å². The quantitative estimate of drug-likeness (QED) is 0.615. The highest BCUT2D eigenvalue weighted by Crippen LogP contribution is 2.26. The summed E-state index contributed by atoms with van der Waals surface area (Å²) in [7, 11) is 0. The van der Waals surface area contributed by atoms with E-state index in [2.05, 4.69) is 44.7 Å². The van der Waals surface area contributed by atoms with E-state index < -0.39 is 0 Å². The number of hydrogen-bond acceptors (Lipinski definition) is 3. The summed E-state index contributed by atoms with van der Waals surface area (Å²) in [5.74, 6) is 1.61. The molecule has 0 fully saturated rings. The molecule has 112 valence electrons. The van der Waals surface area contributed by atoms with Gasteiger partial charge in [0.15, 0.2) is 5.65 Å². The van der Waals surface area contributed by atoms with E-state index in [0.29, 0.717) is 5.88 Å². The Morgan fingerprint density at radius 2 is 2.19 bits per heavy atom. The molecule has 0 amide bonds. The Balaban J connectivity index is 2.14. The average Bonchev–Trinajstić information content (AvgIpc) is 3.10. The third-order valence-electron chi connectivity index (χ3n) is 3.44. The first-order valence-electron chi connectivity index (χ1n) is 6.86. The van der Waals surface area contributed by atoms with E-state index in [4.69, 9.17) is 16.6 Å². The summed E-state index contributed by atoms with van der Waals surface area (Å²) in [4.78, 5) is 6.05. The van der Waals surface area contributed by atoms with Crippen molar-refractivity contribution >= 4 is 50.0 Å². The van der Waals surface area contributed by atoms with Gasteiger partial charge in [-0.05, 0) is 41.9 Å². The Morgan fingerprint density at radius 1 is 1.38 bits per heavy atom. The normalized spacial score (nSPS) is 11.6. The molecule has 0 spiro atoms. The fraction of sp³-hybridized carbons (Fsp3) is 0.429. The van der Waals surface area contributed by atoms with Gasteiger partial charge in [0, 0.05) is 23.7 Å². The van der Waals surface area contributed by atoms with Crippen LogP contribution in [0.3, 0.4) is 0 Å². The maximum absolute atomic E-state index is 5.94. The summed E-state index contributed by atoms with van der Waals surface area (Å²) >= 11 is 11.2. The Morgan fingerprint density at radius 3 is 2.81 bits per heavy atom. The summed E-state index contributed by atoms with van der Waals surface area (Å²) in [5, 5.41) is 4.57. The molecule has 0 saturated heterocycles. The number of alkyl halides is 1. The van der Waals surface area contributed by atoms with E-state index in [-0.39, 0.29) is 0 Å². The number of aromatic nitrogens is 4. The molecule has 0 radical (unpaired) electrons. The van der Waals surface area contributed by atoms with Crippen molar-refractivity contribution in [2.75, 3.05) is 5.88 Å². The van der Waals surface area contributed by atoms with Gasteiger partial charge in [0.05, 0.1) is 16.0 Å². The van der Waals surface area contributed by atoms with Crippen LogP contribution in [0.15, 0.2) is 15.9 Å². The van der Waals surface area contributed by atoms with Gasteiger partial charge in [-0.15, -0.1) is 22.9 Å². The molecule has 3 heterocycles. The molecule has 3 aromatic rings. The highest BCUT2D eigenvalue weighted by Gasteiger charge is 2.18. The van der Waals surface area contributed by atoms with Gasteiger partial charge < -0.3 is 4.57 Å². The number of thiophene rings is 1. The van der Waals surface area contributed by atoms with Gasteiger partial charge in [0.25, 0.3) is 0 Å². The van der Waals surface area contributed by atoms with Crippen LogP contribution in [-0.2, 0) is 19.5 Å². The van der Waals surface area contributed by atoms with Crippen LogP contribution >= 0.6 is 38.9 Å². The van der Waals surface area contributed by atoms with Crippen molar-refractivity contribution in [3.8, 4) is 0 Å². The molecule has 0 unspecified atom stereocenters. The van der Waals surface area contributed by atoms with E-state index in [1.807, 2.05) is 11.6 Å². The first kappa shape index (κ1) is 15.1. The second-order valence-corrected chi connectivity index (χ2v) is 7.76. The number of fused-ring (bicyclic) bond motifs is 1. The Labute approximate surface area is 140 Å². The molecule has 0 atom stereocenters. The van der Waals surface area contributed by atoms with Crippen LogP contribution in [0.25, 0.3) is 11.2 Å². The fourth-order valence-electron chi connectivity index (χ4n) is 2.52. The van der Waals surface area contributed by atoms with Crippen LogP contribution in [0.5, 0.6) is 0 Å². The van der Waals surface area contributed by atoms with Crippen LogP contribution < -0.4 is 0 Å². The van der Waals surface area contributed by atoms with Crippen LogP contribution in [0.1, 0.15) is 23.3 Å². The van der Waals surface area contributed by atoms with E-state index in [1.165, 1.54) is 4.88 Å². The van der Waals surface area contributed by atoms with Crippen LogP contribution in [0.4, 0.5) is 0 Å². The lowest BCUT2D eigenvalue weighted by atomic mass is 10.4. The van der Waals surface area contributed by atoms with Crippen LogP contribution in [0, 0.1) is 6.92 Å². The molecule has 7 heteroatoms. The smallest absolute Gasteiger partial charge is 0.159 e. The number of aryl methyl sites for hydroxylation is 3. The standard InChI is InChI=1S/C14H16BrClN4S/c1-3-20-14-13(9(2)18-20)17-12(6-7-16)19(14)8-10-4-5-11(15)21-10/h4-5H,3,6-8H2,1-2H3. The van der Waals surface area contributed by atoms with Crippen molar-refractivity contribution in [3.63, 3.8) is 0 Å². The number of imidazole rings is 1. The van der Waals surface area contributed by atoms with Crippen LogP contribution in [0.2, 0.25) is 0 Å². The lowest BCUT2D eigenvalue weighted by Gasteiger charge is -2.08. The number of halogens is 2. The summed E-state index contributed by atoms with van der Waals surface area (Å²) in [6.07, 6.45) is 0.770. The third-order valence-corrected chi connectivity index (χ3v) is 5.24. The zero-order chi connectivity index (χ0) is 15.0. The second kappa shape index (κ2) is 6.10. The number of nitrogens with zero attached hydrogens (tertiary/aromatic N) is 4. The minimum atomic E-state index is 0.576. The molecule has 0 aromatic carbocycles. The molecule has 3 rings (SSSR count). The molecule has 21 heavy (non-hydrogen) atoms. The first-order chi connectivity index (χ1) is 10.1. The highest BCUT2D eigenvalue weighted by molar-refractivity contribution is 9.11. The minimum absolute atomic E-state index is 0.576. The summed E-state index contributed by atoms with van der Waals surface area (Å²) in [6.45, 7) is 5.76. The van der Waals surface area contributed by atoms with E-state index in [1.54, 1.807) is 11.3 Å². The molecule has 3 aromatic heterocycles. The lowest BCUT2D eigenvalue weighted by Crippen LogP contribution is -2.09. The second-order valence-electron chi connectivity index (χ2n) is 4.83. The molecular weight excluding hydrogens is 372 g/mol. The predicted octanol–water partition coefficient (Wildman–Crippen LogP) is 4.21. The molecule has 0 N–H and O–H groups in total. The van der Waals surface area contributed by atoms with E-state index in [9.17, 15) is 0 Å². The maximum Gasteiger partial charge on any atom is 0.159 e. The summed E-state index contributed by atoms with van der Waals surface area (Å²) in [6, 6.07) is 4.22. The molecule has 0 aliphatic rings. The SMILES string of the molecule is CCn1nc(C)c2nc(CCCl)n(Cc3ccc(Br)s3)c21. The zero-order valence-electron chi connectivity index (χ0n) is 11.9. The number of rotatable bonds is 5. The van der Waals surface area contributed by atoms with Crippen molar-refractivity contribution < 1.29 is 0 Å². The molecule has 0 aliphatic carbocycles. The van der Waals surface area contributed by atoms with Crippen molar-refractivity contribution in [3.05, 3.63) is 32.3 Å². The topological polar surface area (TPSA) is 35.6 Å². The van der Waals surface area contributed by atoms with E-state index >= 15 is 0 Å². The largest absolute Gasteiger partial charge is 0.308 e. The summed E-state index contributed by atoms with van der Waals surface area (Å²) < 4.78 is 5.42. The van der Waals surface area contributed by atoms with Gasteiger partial charge in [-0.2, -0.15) is 5.10 Å². The van der Waals surface area contributed by atoms with Gasteiger partial charge in [-0.1, -0.05) is 0 Å². The first-order valence-corrected chi connectivity index (χ1v) is 9.01. The van der Waals surface area contributed by atoms with Gasteiger partial charge in [-0.3, -0.25) is 0 Å². The zero-order valence-corrected chi connectivity index (χ0v) is 15.1. The van der Waals surface area contributed by atoms with Gasteiger partial charge in [0.2, 0.25) is 0 Å². The predicted molar refractivity (Wildman–Crippen MR) is 91.5 cm³/mol. The Kier molecular flexibility index (Phi) is 4.38. The summed E-state index contributed by atoms with van der Waals surface area (Å²) in [5.41, 5.74) is 3.07. The maximum atomic E-state index is 5.94. The van der Waals surface area contributed by atoms with Crippen molar-refractivity contribution in [2.45, 2.75) is 33.4 Å². The third kappa shape index (κ3) is 2.76. The molecule has 0 bridgehead atoms. The van der Waals surface area contributed by atoms with Crippen LogP contribution in [-0.4, -0.2) is 25.2 Å². The lowest BCUT2D eigenvalue weighted by molar-refractivity contribution is 0.637. The number of hydrogen-bond donors (Lipinski definition) is 0.